The lowest BCUT2D eigenvalue weighted by molar-refractivity contribution is 0.0397. The first kappa shape index (κ1) is 15.5. The monoisotopic (exact) mass is 275 g/mol. The highest BCUT2D eigenvalue weighted by Gasteiger charge is 2.39. The van der Waals surface area contributed by atoms with E-state index in [-0.39, 0.29) is 5.54 Å². The largest absolute Gasteiger partial charge is 0.329 e. The molecule has 0 radical (unpaired) electrons. The van der Waals surface area contributed by atoms with E-state index in [2.05, 4.69) is 42.9 Å². The first-order valence-electron chi connectivity index (χ1n) is 7.86. The topological polar surface area (TPSA) is 42.1 Å². The van der Waals surface area contributed by atoms with E-state index in [1.54, 1.807) is 0 Å². The standard InChI is InChI=1S/C17H29N3/c1-14-10-15(2)12-17(11-14,13-18)20(3)9-6-16-4-7-19-8-5-16/h4-5,7-8,14-15H,6,9-13,18H2,1-3H3. The third-order valence-electron chi connectivity index (χ3n) is 4.94. The Morgan fingerprint density at radius 2 is 1.85 bits per heavy atom. The summed E-state index contributed by atoms with van der Waals surface area (Å²) in [6.45, 7) is 6.59. The lowest BCUT2D eigenvalue weighted by atomic mass is 9.71. The number of likely N-dealkylation sites (N-methyl/N-ethyl adjacent to an activating group) is 1. The fourth-order valence-corrected chi connectivity index (χ4v) is 3.95. The molecule has 0 aliphatic heterocycles. The van der Waals surface area contributed by atoms with Crippen molar-refractivity contribution >= 4 is 0 Å². The van der Waals surface area contributed by atoms with Crippen molar-refractivity contribution in [3.05, 3.63) is 30.1 Å². The molecule has 1 aliphatic carbocycles. The van der Waals surface area contributed by atoms with Gasteiger partial charge >= 0.3 is 0 Å². The predicted molar refractivity (Wildman–Crippen MR) is 84.5 cm³/mol. The Hall–Kier alpha value is -0.930. The Morgan fingerprint density at radius 1 is 1.25 bits per heavy atom. The van der Waals surface area contributed by atoms with Crippen LogP contribution in [0, 0.1) is 11.8 Å². The molecule has 20 heavy (non-hydrogen) atoms. The number of rotatable bonds is 5. The lowest BCUT2D eigenvalue weighted by Gasteiger charge is -2.48. The fourth-order valence-electron chi connectivity index (χ4n) is 3.95. The van der Waals surface area contributed by atoms with E-state index in [4.69, 9.17) is 5.73 Å². The normalized spacial score (nSPS) is 30.6. The van der Waals surface area contributed by atoms with E-state index in [1.165, 1.54) is 24.8 Å². The van der Waals surface area contributed by atoms with Gasteiger partial charge < -0.3 is 5.73 Å². The van der Waals surface area contributed by atoms with E-state index in [0.29, 0.717) is 0 Å². The predicted octanol–water partition coefficient (Wildman–Crippen LogP) is 2.71. The minimum Gasteiger partial charge on any atom is -0.329 e. The SMILES string of the molecule is CC1CC(C)CC(CN)(N(C)CCc2ccncc2)C1. The maximum Gasteiger partial charge on any atom is 0.0333 e. The fraction of sp³-hybridized carbons (Fsp3) is 0.706. The summed E-state index contributed by atoms with van der Waals surface area (Å²) in [5.41, 5.74) is 7.74. The molecule has 2 N–H and O–H groups in total. The molecule has 112 valence electrons. The van der Waals surface area contributed by atoms with Crippen LogP contribution in [0.15, 0.2) is 24.5 Å². The lowest BCUT2D eigenvalue weighted by Crippen LogP contribution is -2.56. The average molecular weight is 275 g/mol. The molecule has 0 saturated heterocycles. The molecule has 3 heteroatoms. The van der Waals surface area contributed by atoms with Crippen LogP contribution in [-0.2, 0) is 6.42 Å². The second-order valence-electron chi connectivity index (χ2n) is 6.81. The zero-order chi connectivity index (χ0) is 14.6. The number of pyridine rings is 1. The summed E-state index contributed by atoms with van der Waals surface area (Å²) in [5, 5.41) is 0. The van der Waals surface area contributed by atoms with Gasteiger partial charge in [-0.3, -0.25) is 9.88 Å². The third kappa shape index (κ3) is 3.58. The van der Waals surface area contributed by atoms with Crippen LogP contribution in [0.3, 0.4) is 0 Å². The number of hydrogen-bond donors (Lipinski definition) is 1. The highest BCUT2D eigenvalue weighted by molar-refractivity contribution is 5.10. The maximum atomic E-state index is 6.18. The van der Waals surface area contributed by atoms with Crippen molar-refractivity contribution in [3.8, 4) is 0 Å². The van der Waals surface area contributed by atoms with Gasteiger partial charge in [0.15, 0.2) is 0 Å². The first-order chi connectivity index (χ1) is 9.55. The summed E-state index contributed by atoms with van der Waals surface area (Å²) in [5.74, 6) is 1.57. The molecule has 1 aliphatic rings. The smallest absolute Gasteiger partial charge is 0.0333 e. The second-order valence-corrected chi connectivity index (χ2v) is 6.81. The Balaban J connectivity index is 1.99. The molecular formula is C17H29N3. The minimum atomic E-state index is 0.199. The van der Waals surface area contributed by atoms with Crippen molar-refractivity contribution in [1.29, 1.82) is 0 Å². The van der Waals surface area contributed by atoms with E-state index in [1.807, 2.05) is 12.4 Å². The van der Waals surface area contributed by atoms with Gasteiger partial charge in [0, 0.05) is 31.0 Å². The Morgan fingerprint density at radius 3 is 2.40 bits per heavy atom. The molecule has 1 aromatic heterocycles. The van der Waals surface area contributed by atoms with Crippen molar-refractivity contribution in [2.24, 2.45) is 17.6 Å². The van der Waals surface area contributed by atoms with Gasteiger partial charge in [0.25, 0.3) is 0 Å². The highest BCUT2D eigenvalue weighted by atomic mass is 15.2. The van der Waals surface area contributed by atoms with Gasteiger partial charge in [-0.2, -0.15) is 0 Å². The first-order valence-corrected chi connectivity index (χ1v) is 7.86. The van der Waals surface area contributed by atoms with Crippen LogP contribution in [0.4, 0.5) is 0 Å². The van der Waals surface area contributed by atoms with Gasteiger partial charge in [-0.1, -0.05) is 13.8 Å². The average Bonchev–Trinajstić information content (AvgIpc) is 2.44. The van der Waals surface area contributed by atoms with Gasteiger partial charge in [0.05, 0.1) is 0 Å². The summed E-state index contributed by atoms with van der Waals surface area (Å²) in [4.78, 5) is 6.59. The third-order valence-corrected chi connectivity index (χ3v) is 4.94. The Labute approximate surface area is 123 Å². The van der Waals surface area contributed by atoms with Gasteiger partial charge in [-0.15, -0.1) is 0 Å². The summed E-state index contributed by atoms with van der Waals surface area (Å²) < 4.78 is 0. The van der Waals surface area contributed by atoms with Crippen molar-refractivity contribution < 1.29 is 0 Å². The summed E-state index contributed by atoms with van der Waals surface area (Å²) in [6.07, 6.45) is 8.64. The zero-order valence-electron chi connectivity index (χ0n) is 13.2. The molecule has 1 fully saturated rings. The minimum absolute atomic E-state index is 0.199. The number of hydrogen-bond acceptors (Lipinski definition) is 3. The van der Waals surface area contributed by atoms with Gasteiger partial charge in [-0.05, 0) is 62.3 Å². The maximum absolute atomic E-state index is 6.18. The van der Waals surface area contributed by atoms with Crippen LogP contribution in [0.1, 0.15) is 38.7 Å². The van der Waals surface area contributed by atoms with Crippen LogP contribution in [-0.4, -0.2) is 35.6 Å². The molecule has 0 spiro atoms. The van der Waals surface area contributed by atoms with Crippen LogP contribution < -0.4 is 5.73 Å². The van der Waals surface area contributed by atoms with Crippen LogP contribution in [0.2, 0.25) is 0 Å². The quantitative estimate of drug-likeness (QED) is 0.898. The molecule has 2 unspecified atom stereocenters. The molecule has 3 nitrogen and oxygen atoms in total. The molecule has 0 bridgehead atoms. The molecule has 1 aromatic rings. The molecule has 2 rings (SSSR count). The summed E-state index contributed by atoms with van der Waals surface area (Å²) in [7, 11) is 2.25. The van der Waals surface area contributed by atoms with Crippen LogP contribution in [0.25, 0.3) is 0 Å². The molecular weight excluding hydrogens is 246 g/mol. The van der Waals surface area contributed by atoms with Crippen LogP contribution in [0.5, 0.6) is 0 Å². The highest BCUT2D eigenvalue weighted by Crippen LogP contribution is 2.38. The zero-order valence-corrected chi connectivity index (χ0v) is 13.2. The number of aromatic nitrogens is 1. The molecule has 1 saturated carbocycles. The van der Waals surface area contributed by atoms with Crippen molar-refractivity contribution in [2.45, 2.75) is 45.1 Å². The van der Waals surface area contributed by atoms with E-state index >= 15 is 0 Å². The van der Waals surface area contributed by atoms with Crippen molar-refractivity contribution in [2.75, 3.05) is 20.1 Å². The van der Waals surface area contributed by atoms with Crippen LogP contribution >= 0.6 is 0 Å². The van der Waals surface area contributed by atoms with Crippen molar-refractivity contribution in [3.63, 3.8) is 0 Å². The van der Waals surface area contributed by atoms with E-state index in [0.717, 1.165) is 31.3 Å². The Bertz CT molecular complexity index is 394. The second kappa shape index (κ2) is 6.68. The van der Waals surface area contributed by atoms with Gasteiger partial charge in [0.2, 0.25) is 0 Å². The molecule has 2 atom stereocenters. The molecule has 0 amide bonds. The molecule has 0 aromatic carbocycles. The summed E-state index contributed by atoms with van der Waals surface area (Å²) in [6, 6.07) is 4.21. The van der Waals surface area contributed by atoms with Gasteiger partial charge in [-0.25, -0.2) is 0 Å². The number of nitrogens with zero attached hydrogens (tertiary/aromatic N) is 2. The molecule has 1 heterocycles. The Kier molecular flexibility index (Phi) is 5.17. The summed E-state index contributed by atoms with van der Waals surface area (Å²) >= 11 is 0. The van der Waals surface area contributed by atoms with E-state index in [9.17, 15) is 0 Å². The van der Waals surface area contributed by atoms with Gasteiger partial charge in [0.1, 0.15) is 0 Å². The van der Waals surface area contributed by atoms with E-state index < -0.39 is 0 Å². The number of nitrogens with two attached hydrogens (primary N) is 1. The van der Waals surface area contributed by atoms with Crippen molar-refractivity contribution in [1.82, 2.24) is 9.88 Å².